The maximum atomic E-state index is 3.34. The molecule has 1 aliphatic rings. The number of hydrogen-bond acceptors (Lipinski definition) is 1. The van der Waals surface area contributed by atoms with Crippen LogP contribution in [0.2, 0.25) is 0 Å². The second kappa shape index (κ2) is 5.01. The van der Waals surface area contributed by atoms with Crippen molar-refractivity contribution in [3.63, 3.8) is 0 Å². The predicted molar refractivity (Wildman–Crippen MR) is 69.9 cm³/mol. The Hall–Kier alpha value is -0.820. The molecular weight excluding hydrogens is 194 g/mol. The zero-order valence-corrected chi connectivity index (χ0v) is 10.7. The molecule has 2 unspecified atom stereocenters. The van der Waals surface area contributed by atoms with Crippen molar-refractivity contribution in [1.82, 2.24) is 5.32 Å². The van der Waals surface area contributed by atoms with E-state index < -0.39 is 0 Å². The van der Waals surface area contributed by atoms with Crippen molar-refractivity contribution in [2.45, 2.75) is 39.0 Å². The van der Waals surface area contributed by atoms with Crippen molar-refractivity contribution in [3.8, 4) is 0 Å². The first-order chi connectivity index (χ1) is 7.74. The molecule has 16 heavy (non-hydrogen) atoms. The average molecular weight is 217 g/mol. The highest BCUT2D eigenvalue weighted by Crippen LogP contribution is 2.40. The summed E-state index contributed by atoms with van der Waals surface area (Å²) in [7, 11) is 2.07. The molecule has 0 heterocycles. The minimum Gasteiger partial charge on any atom is -0.319 e. The van der Waals surface area contributed by atoms with Gasteiger partial charge in [-0.1, -0.05) is 24.6 Å². The lowest BCUT2D eigenvalue weighted by Gasteiger charge is -2.22. The van der Waals surface area contributed by atoms with Gasteiger partial charge in [0.05, 0.1) is 0 Å². The molecule has 0 spiro atoms. The number of hydrogen-bond donors (Lipinski definition) is 1. The van der Waals surface area contributed by atoms with Crippen molar-refractivity contribution in [1.29, 1.82) is 0 Å². The molecule has 0 saturated heterocycles. The van der Waals surface area contributed by atoms with Crippen LogP contribution in [0.4, 0.5) is 0 Å². The summed E-state index contributed by atoms with van der Waals surface area (Å²) in [6.07, 6.45) is 4.15. The minimum absolute atomic E-state index is 0.785. The fourth-order valence-electron chi connectivity index (χ4n) is 3.13. The van der Waals surface area contributed by atoms with Gasteiger partial charge in [0.1, 0.15) is 0 Å². The fraction of sp³-hybridized carbons (Fsp3) is 0.600. The first-order valence-corrected chi connectivity index (χ1v) is 6.44. The van der Waals surface area contributed by atoms with Crippen LogP contribution in [0.5, 0.6) is 0 Å². The lowest BCUT2D eigenvalue weighted by Crippen LogP contribution is -2.21. The SMILES string of the molecule is CNCC1CCCC1c1cccc(C)c1C. The van der Waals surface area contributed by atoms with Crippen LogP contribution in [0.15, 0.2) is 18.2 Å². The van der Waals surface area contributed by atoms with Gasteiger partial charge in [-0.05, 0) is 68.8 Å². The average Bonchev–Trinajstić information content (AvgIpc) is 2.71. The second-order valence-electron chi connectivity index (χ2n) is 5.14. The Morgan fingerprint density at radius 2 is 2.06 bits per heavy atom. The van der Waals surface area contributed by atoms with E-state index in [1.807, 2.05) is 0 Å². The summed E-state index contributed by atoms with van der Waals surface area (Å²) in [5.74, 6) is 1.62. The molecule has 2 rings (SSSR count). The molecule has 1 saturated carbocycles. The van der Waals surface area contributed by atoms with Crippen molar-refractivity contribution in [2.24, 2.45) is 5.92 Å². The Bertz CT molecular complexity index is 356. The smallest absolute Gasteiger partial charge is 0.00177 e. The third-order valence-electron chi connectivity index (χ3n) is 4.17. The van der Waals surface area contributed by atoms with E-state index in [-0.39, 0.29) is 0 Å². The van der Waals surface area contributed by atoms with Gasteiger partial charge >= 0.3 is 0 Å². The van der Waals surface area contributed by atoms with Crippen molar-refractivity contribution >= 4 is 0 Å². The van der Waals surface area contributed by atoms with Crippen molar-refractivity contribution in [3.05, 3.63) is 34.9 Å². The Kier molecular flexibility index (Phi) is 3.65. The molecule has 1 aromatic carbocycles. The molecule has 2 atom stereocenters. The largest absolute Gasteiger partial charge is 0.319 e. The topological polar surface area (TPSA) is 12.0 Å². The standard InChI is InChI=1S/C15H23N/c1-11-6-4-8-14(12(11)2)15-9-5-7-13(15)10-16-3/h4,6,8,13,15-16H,5,7,9-10H2,1-3H3. The zero-order chi connectivity index (χ0) is 11.5. The van der Waals surface area contributed by atoms with Gasteiger partial charge in [0, 0.05) is 0 Å². The van der Waals surface area contributed by atoms with E-state index in [0.29, 0.717) is 0 Å². The van der Waals surface area contributed by atoms with E-state index in [1.54, 1.807) is 5.56 Å². The van der Waals surface area contributed by atoms with E-state index in [4.69, 9.17) is 0 Å². The third kappa shape index (κ3) is 2.15. The molecule has 0 radical (unpaired) electrons. The number of rotatable bonds is 3. The van der Waals surface area contributed by atoms with Crippen LogP contribution in [0, 0.1) is 19.8 Å². The molecule has 1 aromatic rings. The monoisotopic (exact) mass is 217 g/mol. The summed E-state index contributed by atoms with van der Waals surface area (Å²) in [5, 5.41) is 3.34. The summed E-state index contributed by atoms with van der Waals surface area (Å²) in [6.45, 7) is 5.67. The van der Waals surface area contributed by atoms with Crippen LogP contribution in [-0.2, 0) is 0 Å². The first-order valence-electron chi connectivity index (χ1n) is 6.44. The molecule has 0 aliphatic heterocycles. The van der Waals surface area contributed by atoms with Gasteiger partial charge in [-0.15, -0.1) is 0 Å². The summed E-state index contributed by atoms with van der Waals surface area (Å²) in [6, 6.07) is 6.77. The Morgan fingerprint density at radius 3 is 2.81 bits per heavy atom. The molecular formula is C15H23N. The van der Waals surface area contributed by atoms with Gasteiger partial charge in [0.15, 0.2) is 0 Å². The maximum absolute atomic E-state index is 3.34. The molecule has 0 amide bonds. The molecule has 0 bridgehead atoms. The Labute approximate surface area is 99.3 Å². The van der Waals surface area contributed by atoms with E-state index >= 15 is 0 Å². The molecule has 0 aromatic heterocycles. The first kappa shape index (κ1) is 11.7. The van der Waals surface area contributed by atoms with Crippen LogP contribution in [0.3, 0.4) is 0 Å². The molecule has 1 N–H and O–H groups in total. The zero-order valence-electron chi connectivity index (χ0n) is 10.7. The van der Waals surface area contributed by atoms with Crippen LogP contribution >= 0.6 is 0 Å². The van der Waals surface area contributed by atoms with Gasteiger partial charge in [-0.3, -0.25) is 0 Å². The minimum atomic E-state index is 0.785. The highest BCUT2D eigenvalue weighted by molar-refractivity contribution is 5.36. The quantitative estimate of drug-likeness (QED) is 0.818. The molecule has 1 fully saturated rings. The number of aryl methyl sites for hydroxylation is 1. The highest BCUT2D eigenvalue weighted by Gasteiger charge is 2.28. The van der Waals surface area contributed by atoms with Crippen molar-refractivity contribution < 1.29 is 0 Å². The van der Waals surface area contributed by atoms with Gasteiger partial charge < -0.3 is 5.32 Å². The lowest BCUT2D eigenvalue weighted by atomic mass is 9.85. The lowest BCUT2D eigenvalue weighted by molar-refractivity contribution is 0.461. The number of benzene rings is 1. The molecule has 1 aliphatic carbocycles. The summed E-state index contributed by atoms with van der Waals surface area (Å²) < 4.78 is 0. The van der Waals surface area contributed by atoms with Crippen LogP contribution in [0.25, 0.3) is 0 Å². The number of nitrogens with one attached hydrogen (secondary N) is 1. The van der Waals surface area contributed by atoms with E-state index in [0.717, 1.165) is 18.4 Å². The normalized spacial score (nSPS) is 24.9. The van der Waals surface area contributed by atoms with Crippen LogP contribution in [0.1, 0.15) is 41.9 Å². The maximum Gasteiger partial charge on any atom is -0.00177 e. The highest BCUT2D eigenvalue weighted by atomic mass is 14.8. The molecule has 1 nitrogen and oxygen atoms in total. The molecule has 88 valence electrons. The van der Waals surface area contributed by atoms with Crippen LogP contribution in [-0.4, -0.2) is 13.6 Å². The van der Waals surface area contributed by atoms with Gasteiger partial charge in [0.2, 0.25) is 0 Å². The van der Waals surface area contributed by atoms with Gasteiger partial charge in [-0.25, -0.2) is 0 Å². The summed E-state index contributed by atoms with van der Waals surface area (Å²) in [4.78, 5) is 0. The predicted octanol–water partition coefficient (Wildman–Crippen LogP) is 3.41. The Morgan fingerprint density at radius 1 is 1.25 bits per heavy atom. The van der Waals surface area contributed by atoms with Gasteiger partial charge in [0.25, 0.3) is 0 Å². The summed E-state index contributed by atoms with van der Waals surface area (Å²) in [5.41, 5.74) is 4.54. The van der Waals surface area contributed by atoms with Crippen molar-refractivity contribution in [2.75, 3.05) is 13.6 Å². The fourth-order valence-corrected chi connectivity index (χ4v) is 3.13. The van der Waals surface area contributed by atoms with Gasteiger partial charge in [-0.2, -0.15) is 0 Å². The summed E-state index contributed by atoms with van der Waals surface area (Å²) >= 11 is 0. The Balaban J connectivity index is 2.25. The van der Waals surface area contributed by atoms with E-state index in [9.17, 15) is 0 Å². The van der Waals surface area contributed by atoms with E-state index in [1.165, 1.54) is 30.4 Å². The molecule has 1 heteroatoms. The third-order valence-corrected chi connectivity index (χ3v) is 4.17. The second-order valence-corrected chi connectivity index (χ2v) is 5.14. The van der Waals surface area contributed by atoms with Crippen LogP contribution < -0.4 is 5.32 Å². The van der Waals surface area contributed by atoms with E-state index in [2.05, 4.69) is 44.4 Å².